The van der Waals surface area contributed by atoms with Crippen molar-refractivity contribution in [2.24, 2.45) is 5.73 Å². The molecule has 1 aromatic heterocycles. The zero-order valence-electron chi connectivity index (χ0n) is 10.1. The van der Waals surface area contributed by atoms with Crippen molar-refractivity contribution in [3.63, 3.8) is 0 Å². The molecule has 4 heteroatoms. The molecule has 1 aliphatic rings. The molecule has 1 saturated heterocycles. The number of nitrogens with two attached hydrogens (primary N) is 1. The van der Waals surface area contributed by atoms with Crippen LogP contribution in [-0.4, -0.2) is 22.8 Å². The minimum absolute atomic E-state index is 0.463. The Balaban J connectivity index is 2.08. The molecule has 0 unspecified atom stereocenters. The number of benzene rings is 1. The number of aromatic nitrogens is 1. The molecule has 1 aromatic carbocycles. The Hall–Kier alpha value is -1.39. The van der Waals surface area contributed by atoms with Gasteiger partial charge < -0.3 is 15.0 Å². The van der Waals surface area contributed by atoms with Crippen LogP contribution >= 0.6 is 12.2 Å². The molecule has 2 N–H and O–H groups in total. The van der Waals surface area contributed by atoms with Gasteiger partial charge in [-0.25, -0.2) is 0 Å². The van der Waals surface area contributed by atoms with Crippen molar-refractivity contribution in [1.29, 1.82) is 0 Å². The Labute approximate surface area is 112 Å². The topological polar surface area (TPSA) is 40.2 Å². The predicted molar refractivity (Wildman–Crippen MR) is 76.9 cm³/mol. The van der Waals surface area contributed by atoms with Crippen molar-refractivity contribution in [3.8, 4) is 0 Å². The average molecular weight is 260 g/mol. The number of ether oxygens (including phenoxy) is 1. The van der Waals surface area contributed by atoms with Crippen LogP contribution in [0.1, 0.15) is 24.4 Å². The Kier molecular flexibility index (Phi) is 3.06. The molecule has 0 spiro atoms. The summed E-state index contributed by atoms with van der Waals surface area (Å²) in [4.78, 5) is 0.463. The quantitative estimate of drug-likeness (QED) is 0.844. The molecule has 1 fully saturated rings. The number of hydrogen-bond donors (Lipinski definition) is 1. The second kappa shape index (κ2) is 4.71. The van der Waals surface area contributed by atoms with Gasteiger partial charge in [0.2, 0.25) is 0 Å². The molecule has 2 aromatic rings. The van der Waals surface area contributed by atoms with Crippen LogP contribution < -0.4 is 5.73 Å². The van der Waals surface area contributed by atoms with Crippen molar-refractivity contribution in [1.82, 2.24) is 4.57 Å². The maximum atomic E-state index is 5.77. The van der Waals surface area contributed by atoms with Gasteiger partial charge in [0.05, 0.1) is 0 Å². The molecule has 0 aliphatic carbocycles. The van der Waals surface area contributed by atoms with Gasteiger partial charge in [0.25, 0.3) is 0 Å². The Morgan fingerprint density at radius 2 is 2.06 bits per heavy atom. The molecule has 94 valence electrons. The highest BCUT2D eigenvalue weighted by molar-refractivity contribution is 7.80. The first-order valence-electron chi connectivity index (χ1n) is 6.24. The molecule has 1 aliphatic heterocycles. The summed E-state index contributed by atoms with van der Waals surface area (Å²) < 4.78 is 7.75. The number of nitrogens with zero attached hydrogens (tertiary/aromatic N) is 1. The van der Waals surface area contributed by atoms with E-state index < -0.39 is 0 Å². The lowest BCUT2D eigenvalue weighted by Crippen LogP contribution is -2.19. The second-order valence-corrected chi connectivity index (χ2v) is 5.11. The van der Waals surface area contributed by atoms with Gasteiger partial charge in [0.1, 0.15) is 4.99 Å². The molecule has 0 amide bonds. The molecule has 0 atom stereocenters. The standard InChI is InChI=1S/C14H16N2OS/c15-14(18)12-2-1-3-13-11(12)4-7-16(13)10-5-8-17-9-6-10/h1-4,7,10H,5-6,8-9H2,(H2,15,18). The average Bonchev–Trinajstić information content (AvgIpc) is 2.83. The number of hydrogen-bond acceptors (Lipinski definition) is 2. The maximum absolute atomic E-state index is 5.77. The monoisotopic (exact) mass is 260 g/mol. The summed E-state index contributed by atoms with van der Waals surface area (Å²) in [5.41, 5.74) is 7.95. The summed E-state index contributed by atoms with van der Waals surface area (Å²) in [5.74, 6) is 0. The zero-order valence-corrected chi connectivity index (χ0v) is 11.0. The van der Waals surface area contributed by atoms with Gasteiger partial charge >= 0.3 is 0 Å². The molecule has 0 bridgehead atoms. The highest BCUT2D eigenvalue weighted by atomic mass is 32.1. The lowest BCUT2D eigenvalue weighted by atomic mass is 10.1. The summed E-state index contributed by atoms with van der Waals surface area (Å²) >= 11 is 5.10. The Morgan fingerprint density at radius 1 is 1.28 bits per heavy atom. The molecule has 0 saturated carbocycles. The highest BCUT2D eigenvalue weighted by Gasteiger charge is 2.17. The molecule has 0 radical (unpaired) electrons. The Morgan fingerprint density at radius 3 is 2.78 bits per heavy atom. The molecule has 18 heavy (non-hydrogen) atoms. The van der Waals surface area contributed by atoms with Crippen LogP contribution in [0.5, 0.6) is 0 Å². The summed E-state index contributed by atoms with van der Waals surface area (Å²) in [6.45, 7) is 1.69. The molecule has 2 heterocycles. The first-order chi connectivity index (χ1) is 8.77. The van der Waals surface area contributed by atoms with Crippen LogP contribution in [0.15, 0.2) is 30.5 Å². The van der Waals surface area contributed by atoms with Gasteiger partial charge in [0.15, 0.2) is 0 Å². The van der Waals surface area contributed by atoms with Gasteiger partial charge in [-0.15, -0.1) is 0 Å². The molecular weight excluding hydrogens is 244 g/mol. The highest BCUT2D eigenvalue weighted by Crippen LogP contribution is 2.28. The van der Waals surface area contributed by atoms with E-state index in [2.05, 4.69) is 22.9 Å². The lowest BCUT2D eigenvalue weighted by molar-refractivity contribution is 0.0707. The summed E-state index contributed by atoms with van der Waals surface area (Å²) in [7, 11) is 0. The lowest BCUT2D eigenvalue weighted by Gasteiger charge is -2.24. The summed E-state index contributed by atoms with van der Waals surface area (Å²) in [6, 6.07) is 8.77. The van der Waals surface area contributed by atoms with E-state index in [-0.39, 0.29) is 0 Å². The van der Waals surface area contributed by atoms with Gasteiger partial charge in [0, 0.05) is 41.9 Å². The van der Waals surface area contributed by atoms with Crippen LogP contribution in [0, 0.1) is 0 Å². The SMILES string of the molecule is NC(=S)c1cccc2c1ccn2C1CCOCC1. The van der Waals surface area contributed by atoms with E-state index in [1.807, 2.05) is 12.1 Å². The first kappa shape index (κ1) is 11.7. The third-order valence-corrected chi connectivity index (χ3v) is 3.83. The smallest absolute Gasteiger partial charge is 0.104 e. The molecule has 3 nitrogen and oxygen atoms in total. The van der Waals surface area contributed by atoms with Crippen LogP contribution in [0.4, 0.5) is 0 Å². The van der Waals surface area contributed by atoms with Crippen molar-refractivity contribution >= 4 is 28.1 Å². The fraction of sp³-hybridized carbons (Fsp3) is 0.357. The minimum Gasteiger partial charge on any atom is -0.389 e. The van der Waals surface area contributed by atoms with Crippen LogP contribution in [0.2, 0.25) is 0 Å². The predicted octanol–water partition coefficient (Wildman–Crippen LogP) is 2.63. The normalized spacial score (nSPS) is 17.1. The number of thiocarbonyl (C=S) groups is 1. The van der Waals surface area contributed by atoms with Crippen LogP contribution in [0.3, 0.4) is 0 Å². The summed E-state index contributed by atoms with van der Waals surface area (Å²) in [5, 5.41) is 1.15. The van der Waals surface area contributed by atoms with Gasteiger partial charge in [-0.1, -0.05) is 24.4 Å². The van der Waals surface area contributed by atoms with Crippen LogP contribution in [0.25, 0.3) is 10.9 Å². The fourth-order valence-electron chi connectivity index (χ4n) is 2.69. The third-order valence-electron chi connectivity index (χ3n) is 3.61. The van der Waals surface area contributed by atoms with E-state index in [1.165, 1.54) is 5.52 Å². The van der Waals surface area contributed by atoms with E-state index in [4.69, 9.17) is 22.7 Å². The van der Waals surface area contributed by atoms with E-state index in [1.54, 1.807) is 0 Å². The largest absolute Gasteiger partial charge is 0.389 e. The zero-order chi connectivity index (χ0) is 12.5. The van der Waals surface area contributed by atoms with E-state index in [9.17, 15) is 0 Å². The van der Waals surface area contributed by atoms with E-state index >= 15 is 0 Å². The van der Waals surface area contributed by atoms with Crippen molar-refractivity contribution in [3.05, 3.63) is 36.0 Å². The van der Waals surface area contributed by atoms with Crippen LogP contribution in [-0.2, 0) is 4.74 Å². The minimum atomic E-state index is 0.463. The first-order valence-corrected chi connectivity index (χ1v) is 6.65. The van der Waals surface area contributed by atoms with Gasteiger partial charge in [-0.05, 0) is 25.0 Å². The second-order valence-electron chi connectivity index (χ2n) is 4.67. The number of rotatable bonds is 2. The van der Waals surface area contributed by atoms with Gasteiger partial charge in [-0.2, -0.15) is 0 Å². The fourth-order valence-corrected chi connectivity index (χ4v) is 2.86. The van der Waals surface area contributed by atoms with Crippen molar-refractivity contribution in [2.75, 3.05) is 13.2 Å². The van der Waals surface area contributed by atoms with Gasteiger partial charge in [-0.3, -0.25) is 0 Å². The van der Waals surface area contributed by atoms with E-state index in [0.29, 0.717) is 11.0 Å². The number of fused-ring (bicyclic) bond motifs is 1. The molecule has 3 rings (SSSR count). The van der Waals surface area contributed by atoms with Crippen molar-refractivity contribution in [2.45, 2.75) is 18.9 Å². The summed E-state index contributed by atoms with van der Waals surface area (Å²) in [6.07, 6.45) is 4.28. The van der Waals surface area contributed by atoms with Crippen molar-refractivity contribution < 1.29 is 4.74 Å². The third kappa shape index (κ3) is 1.91. The molecular formula is C14H16N2OS. The van der Waals surface area contributed by atoms with E-state index in [0.717, 1.165) is 37.0 Å². The maximum Gasteiger partial charge on any atom is 0.104 e. The Bertz CT molecular complexity index is 584.